The van der Waals surface area contributed by atoms with Crippen molar-refractivity contribution < 1.29 is 14.3 Å². The summed E-state index contributed by atoms with van der Waals surface area (Å²) in [6.45, 7) is 10.6. The van der Waals surface area contributed by atoms with Crippen molar-refractivity contribution in [3.05, 3.63) is 65.4 Å². The number of likely N-dealkylation sites (tertiary alicyclic amines) is 1. The fraction of sp³-hybridized carbons (Fsp3) is 0.393. The average molecular weight is 458 g/mol. The van der Waals surface area contributed by atoms with Gasteiger partial charge in [-0.05, 0) is 66.1 Å². The molecule has 0 N–H and O–H groups in total. The summed E-state index contributed by atoms with van der Waals surface area (Å²) in [4.78, 5) is 30.8. The highest BCUT2D eigenvalue weighted by atomic mass is 16.5. The van der Waals surface area contributed by atoms with Gasteiger partial charge in [0.15, 0.2) is 0 Å². The van der Waals surface area contributed by atoms with Gasteiger partial charge < -0.3 is 9.64 Å². The van der Waals surface area contributed by atoms with Crippen molar-refractivity contribution in [2.75, 3.05) is 24.6 Å². The Morgan fingerprint density at radius 3 is 2.15 bits per heavy atom. The molecule has 0 saturated carbocycles. The Kier molecular flexibility index (Phi) is 6.74. The standard InChI is InChI=1S/C28H31N3O3/c1-18(2)17-34-24-11-7-22(8-12-24)25-26(30-15-19(3)13-20(4)16-30)28(33)31(27(25)32)23-9-5-21(14-29)6-10-23/h5-12,18-20H,13,15-17H2,1-4H3. The summed E-state index contributed by atoms with van der Waals surface area (Å²) in [7, 11) is 0. The van der Waals surface area contributed by atoms with Gasteiger partial charge in [-0.25, -0.2) is 4.90 Å². The molecule has 0 spiro atoms. The molecule has 2 aromatic carbocycles. The molecule has 1 fully saturated rings. The molecular formula is C28H31N3O3. The van der Waals surface area contributed by atoms with Crippen LogP contribution in [-0.4, -0.2) is 36.4 Å². The molecule has 2 heterocycles. The number of nitriles is 1. The summed E-state index contributed by atoms with van der Waals surface area (Å²) in [5.41, 5.74) is 2.53. The summed E-state index contributed by atoms with van der Waals surface area (Å²) in [6, 6.07) is 16.0. The Morgan fingerprint density at radius 2 is 1.59 bits per heavy atom. The number of rotatable bonds is 6. The molecular weight excluding hydrogens is 426 g/mol. The lowest BCUT2D eigenvalue weighted by Gasteiger charge is -2.37. The van der Waals surface area contributed by atoms with Crippen molar-refractivity contribution in [2.24, 2.45) is 17.8 Å². The van der Waals surface area contributed by atoms with Gasteiger partial charge in [0.05, 0.1) is 29.5 Å². The summed E-state index contributed by atoms with van der Waals surface area (Å²) < 4.78 is 5.80. The van der Waals surface area contributed by atoms with Crippen molar-refractivity contribution in [3.8, 4) is 11.8 Å². The van der Waals surface area contributed by atoms with Crippen molar-refractivity contribution in [1.82, 2.24) is 4.90 Å². The van der Waals surface area contributed by atoms with E-state index in [4.69, 9.17) is 10.00 Å². The fourth-order valence-electron chi connectivity index (χ4n) is 4.82. The number of ether oxygens (including phenoxy) is 1. The smallest absolute Gasteiger partial charge is 0.282 e. The van der Waals surface area contributed by atoms with Gasteiger partial charge in [-0.15, -0.1) is 0 Å². The first kappa shape index (κ1) is 23.6. The largest absolute Gasteiger partial charge is 0.493 e. The van der Waals surface area contributed by atoms with Gasteiger partial charge in [0.1, 0.15) is 11.4 Å². The van der Waals surface area contributed by atoms with Crippen molar-refractivity contribution in [2.45, 2.75) is 34.1 Å². The maximum Gasteiger partial charge on any atom is 0.282 e. The summed E-state index contributed by atoms with van der Waals surface area (Å²) >= 11 is 0. The third kappa shape index (κ3) is 4.70. The lowest BCUT2D eigenvalue weighted by atomic mass is 9.91. The Labute approximate surface area is 201 Å². The lowest BCUT2D eigenvalue weighted by molar-refractivity contribution is -0.120. The molecule has 6 heteroatoms. The SMILES string of the molecule is CC(C)COc1ccc(C2=C(N3CC(C)CC(C)C3)C(=O)N(c3ccc(C#N)cc3)C2=O)cc1. The van der Waals surface area contributed by atoms with E-state index in [0.29, 0.717) is 52.4 Å². The number of carbonyl (C=O) groups excluding carboxylic acids is 2. The first-order valence-electron chi connectivity index (χ1n) is 11.9. The van der Waals surface area contributed by atoms with Crippen LogP contribution in [-0.2, 0) is 9.59 Å². The number of piperidine rings is 1. The van der Waals surface area contributed by atoms with E-state index in [1.54, 1.807) is 24.3 Å². The highest BCUT2D eigenvalue weighted by molar-refractivity contribution is 6.45. The zero-order valence-corrected chi connectivity index (χ0v) is 20.2. The third-order valence-corrected chi connectivity index (χ3v) is 6.23. The molecule has 176 valence electrons. The Hall–Kier alpha value is -3.59. The summed E-state index contributed by atoms with van der Waals surface area (Å²) in [5, 5.41) is 9.12. The molecule has 2 unspecified atom stereocenters. The van der Waals surface area contributed by atoms with Gasteiger partial charge in [-0.3, -0.25) is 9.59 Å². The van der Waals surface area contributed by atoms with Gasteiger partial charge in [-0.2, -0.15) is 5.26 Å². The number of imide groups is 1. The molecule has 0 radical (unpaired) electrons. The molecule has 2 amide bonds. The molecule has 2 aliphatic rings. The topological polar surface area (TPSA) is 73.6 Å². The number of benzene rings is 2. The number of anilines is 1. The van der Waals surface area contributed by atoms with Crippen LogP contribution in [0.2, 0.25) is 0 Å². The average Bonchev–Trinajstić information content (AvgIpc) is 3.07. The van der Waals surface area contributed by atoms with Crippen molar-refractivity contribution in [1.29, 1.82) is 5.26 Å². The monoisotopic (exact) mass is 457 g/mol. The minimum Gasteiger partial charge on any atom is -0.493 e. The minimum atomic E-state index is -0.341. The maximum atomic E-state index is 13.7. The Morgan fingerprint density at radius 1 is 0.971 bits per heavy atom. The second-order valence-electron chi connectivity index (χ2n) is 9.91. The van der Waals surface area contributed by atoms with Gasteiger partial charge in [0, 0.05) is 13.1 Å². The van der Waals surface area contributed by atoms with E-state index in [2.05, 4.69) is 38.7 Å². The zero-order chi connectivity index (χ0) is 24.4. The predicted octanol–water partition coefficient (Wildman–Crippen LogP) is 4.86. The van der Waals surface area contributed by atoms with Gasteiger partial charge >= 0.3 is 0 Å². The van der Waals surface area contributed by atoms with Gasteiger partial charge in [0.25, 0.3) is 11.8 Å². The van der Waals surface area contributed by atoms with Crippen LogP contribution in [0.3, 0.4) is 0 Å². The van der Waals surface area contributed by atoms with E-state index in [0.717, 1.165) is 25.3 Å². The van der Waals surface area contributed by atoms with Gasteiger partial charge in [0.2, 0.25) is 0 Å². The summed E-state index contributed by atoms with van der Waals surface area (Å²) in [5.74, 6) is 1.34. The van der Waals surface area contributed by atoms with Crippen LogP contribution in [0.15, 0.2) is 54.2 Å². The number of nitrogens with zero attached hydrogens (tertiary/aromatic N) is 3. The minimum absolute atomic E-state index is 0.314. The maximum absolute atomic E-state index is 13.7. The first-order chi connectivity index (χ1) is 16.3. The Bertz CT molecular complexity index is 1130. The van der Waals surface area contributed by atoms with Crippen LogP contribution in [0.5, 0.6) is 5.75 Å². The molecule has 34 heavy (non-hydrogen) atoms. The van der Waals surface area contributed by atoms with E-state index < -0.39 is 0 Å². The highest BCUT2D eigenvalue weighted by Crippen LogP contribution is 2.37. The second-order valence-corrected chi connectivity index (χ2v) is 9.91. The number of hydrogen-bond donors (Lipinski definition) is 0. The number of hydrogen-bond acceptors (Lipinski definition) is 5. The van der Waals surface area contributed by atoms with Crippen LogP contribution >= 0.6 is 0 Å². The quantitative estimate of drug-likeness (QED) is 0.580. The van der Waals surface area contributed by atoms with E-state index in [-0.39, 0.29) is 11.8 Å². The first-order valence-corrected chi connectivity index (χ1v) is 11.9. The van der Waals surface area contributed by atoms with E-state index in [1.807, 2.05) is 24.3 Å². The third-order valence-electron chi connectivity index (χ3n) is 6.23. The van der Waals surface area contributed by atoms with Crippen LogP contribution in [0.25, 0.3) is 5.57 Å². The molecule has 0 aliphatic carbocycles. The zero-order valence-electron chi connectivity index (χ0n) is 20.2. The number of carbonyl (C=O) groups is 2. The molecule has 0 bridgehead atoms. The summed E-state index contributed by atoms with van der Waals surface area (Å²) in [6.07, 6.45) is 1.10. The molecule has 4 rings (SSSR count). The molecule has 6 nitrogen and oxygen atoms in total. The van der Waals surface area contributed by atoms with Crippen LogP contribution in [0.4, 0.5) is 5.69 Å². The molecule has 1 saturated heterocycles. The highest BCUT2D eigenvalue weighted by Gasteiger charge is 2.43. The van der Waals surface area contributed by atoms with E-state index in [1.165, 1.54) is 4.90 Å². The van der Waals surface area contributed by atoms with Crippen LogP contribution in [0.1, 0.15) is 45.2 Å². The molecule has 0 aromatic heterocycles. The molecule has 2 aliphatic heterocycles. The van der Waals surface area contributed by atoms with Crippen molar-refractivity contribution in [3.63, 3.8) is 0 Å². The van der Waals surface area contributed by atoms with E-state index >= 15 is 0 Å². The normalized spacial score (nSPS) is 20.8. The Balaban J connectivity index is 1.74. The number of amides is 2. The predicted molar refractivity (Wildman–Crippen MR) is 132 cm³/mol. The second kappa shape index (κ2) is 9.72. The van der Waals surface area contributed by atoms with Crippen molar-refractivity contribution >= 4 is 23.1 Å². The van der Waals surface area contributed by atoms with E-state index in [9.17, 15) is 9.59 Å². The fourth-order valence-corrected chi connectivity index (χ4v) is 4.82. The molecule has 2 aromatic rings. The van der Waals surface area contributed by atoms with Crippen LogP contribution in [0, 0.1) is 29.1 Å². The van der Waals surface area contributed by atoms with Crippen LogP contribution < -0.4 is 9.64 Å². The lowest BCUT2D eigenvalue weighted by Crippen LogP contribution is -2.42. The molecule has 2 atom stereocenters. The van der Waals surface area contributed by atoms with Gasteiger partial charge in [-0.1, -0.05) is 39.8 Å².